The molecule has 3 rings (SSSR count). The lowest BCUT2D eigenvalue weighted by Crippen LogP contribution is -2.00. The van der Waals surface area contributed by atoms with E-state index in [1.807, 2.05) is 29.1 Å². The Labute approximate surface area is 125 Å². The second-order valence-corrected chi connectivity index (χ2v) is 5.54. The van der Waals surface area contributed by atoms with E-state index in [0.29, 0.717) is 0 Å². The first kappa shape index (κ1) is 13.6. The van der Waals surface area contributed by atoms with Crippen molar-refractivity contribution in [3.63, 3.8) is 0 Å². The van der Waals surface area contributed by atoms with E-state index >= 15 is 0 Å². The lowest BCUT2D eigenvalue weighted by Gasteiger charge is -2.09. The maximum Gasteiger partial charge on any atom is 0.0875 e. The molecule has 106 valence electrons. The summed E-state index contributed by atoms with van der Waals surface area (Å²) < 4.78 is 1.88. The van der Waals surface area contributed by atoms with Gasteiger partial charge in [0.2, 0.25) is 0 Å². The normalized spacial score (nSPS) is 10.8. The van der Waals surface area contributed by atoms with Crippen LogP contribution in [0.3, 0.4) is 0 Å². The molecule has 0 bridgehead atoms. The third-order valence-corrected chi connectivity index (χ3v) is 3.80. The summed E-state index contributed by atoms with van der Waals surface area (Å²) in [6.07, 6.45) is 2.83. The molecule has 0 saturated carbocycles. The summed E-state index contributed by atoms with van der Waals surface area (Å²) in [7, 11) is 0. The maximum atomic E-state index is 4.30. The Balaban J connectivity index is 1.92. The molecule has 0 unspecified atom stereocenters. The maximum absolute atomic E-state index is 4.30. The minimum atomic E-state index is 0.810. The van der Waals surface area contributed by atoms with Crippen LogP contribution in [-0.4, -0.2) is 15.0 Å². The van der Waals surface area contributed by atoms with E-state index in [2.05, 4.69) is 55.3 Å². The summed E-state index contributed by atoms with van der Waals surface area (Å²) in [6.45, 7) is 6.37. The molecule has 0 aliphatic heterocycles. The van der Waals surface area contributed by atoms with Crippen LogP contribution in [0.4, 0.5) is 0 Å². The first-order valence-electron chi connectivity index (χ1n) is 7.17. The van der Waals surface area contributed by atoms with Crippen LogP contribution in [0.5, 0.6) is 0 Å². The fraction of sp³-hybridized carbons (Fsp3) is 0.222. The quantitative estimate of drug-likeness (QED) is 0.729. The molecule has 1 heterocycles. The number of hydrogen-bond acceptors (Lipinski definition) is 2. The van der Waals surface area contributed by atoms with Crippen molar-refractivity contribution in [1.82, 2.24) is 15.0 Å². The van der Waals surface area contributed by atoms with E-state index < -0.39 is 0 Å². The van der Waals surface area contributed by atoms with Gasteiger partial charge in [0.15, 0.2) is 0 Å². The minimum Gasteiger partial charge on any atom is -0.220 e. The Kier molecular flexibility index (Phi) is 3.57. The van der Waals surface area contributed by atoms with Crippen molar-refractivity contribution in [3.8, 4) is 5.69 Å². The number of hydrogen-bond donors (Lipinski definition) is 0. The lowest BCUT2D eigenvalue weighted by molar-refractivity contribution is 0.792. The summed E-state index contributed by atoms with van der Waals surface area (Å²) in [5.74, 6) is 0. The van der Waals surface area contributed by atoms with Crippen molar-refractivity contribution in [1.29, 1.82) is 0 Å². The summed E-state index contributed by atoms with van der Waals surface area (Å²) in [5.41, 5.74) is 7.12. The number of benzene rings is 2. The molecule has 0 fully saturated rings. The summed E-state index contributed by atoms with van der Waals surface area (Å²) in [4.78, 5) is 0. The summed E-state index contributed by atoms with van der Waals surface area (Å²) in [6, 6.07) is 14.7. The molecule has 0 atom stereocenters. The van der Waals surface area contributed by atoms with Crippen LogP contribution in [0.1, 0.15) is 27.9 Å². The molecule has 0 radical (unpaired) electrons. The highest BCUT2D eigenvalue weighted by molar-refractivity contribution is 5.47. The Hall–Kier alpha value is -2.42. The molecule has 0 aliphatic carbocycles. The average Bonchev–Trinajstić information content (AvgIpc) is 2.92. The monoisotopic (exact) mass is 277 g/mol. The summed E-state index contributed by atoms with van der Waals surface area (Å²) >= 11 is 0. The van der Waals surface area contributed by atoms with E-state index in [0.717, 1.165) is 17.8 Å². The second-order valence-electron chi connectivity index (χ2n) is 5.54. The zero-order valence-corrected chi connectivity index (χ0v) is 12.7. The number of rotatable bonds is 3. The van der Waals surface area contributed by atoms with E-state index in [4.69, 9.17) is 0 Å². The molecule has 1 aromatic heterocycles. The average molecular weight is 277 g/mol. The van der Waals surface area contributed by atoms with Crippen LogP contribution in [-0.2, 0) is 6.42 Å². The third kappa shape index (κ3) is 2.87. The van der Waals surface area contributed by atoms with Gasteiger partial charge in [0, 0.05) is 6.42 Å². The van der Waals surface area contributed by atoms with Gasteiger partial charge in [-0.2, -0.15) is 0 Å². The van der Waals surface area contributed by atoms with Gasteiger partial charge >= 0.3 is 0 Å². The predicted molar refractivity (Wildman–Crippen MR) is 84.8 cm³/mol. The van der Waals surface area contributed by atoms with Crippen molar-refractivity contribution < 1.29 is 0 Å². The van der Waals surface area contributed by atoms with Crippen LogP contribution in [0.2, 0.25) is 0 Å². The molecule has 2 aromatic carbocycles. The van der Waals surface area contributed by atoms with Crippen LogP contribution < -0.4 is 0 Å². The first-order chi connectivity index (χ1) is 10.1. The highest BCUT2D eigenvalue weighted by Gasteiger charge is 2.08. The van der Waals surface area contributed by atoms with Crippen molar-refractivity contribution in [2.24, 2.45) is 0 Å². The van der Waals surface area contributed by atoms with E-state index in [1.165, 1.54) is 22.3 Å². The van der Waals surface area contributed by atoms with Gasteiger partial charge in [-0.3, -0.25) is 0 Å². The highest BCUT2D eigenvalue weighted by Crippen LogP contribution is 2.19. The van der Waals surface area contributed by atoms with E-state index in [9.17, 15) is 0 Å². The highest BCUT2D eigenvalue weighted by atomic mass is 15.4. The largest absolute Gasteiger partial charge is 0.220 e. The van der Waals surface area contributed by atoms with Gasteiger partial charge in [-0.25, -0.2) is 4.68 Å². The van der Waals surface area contributed by atoms with E-state index in [-0.39, 0.29) is 0 Å². The van der Waals surface area contributed by atoms with Gasteiger partial charge in [-0.1, -0.05) is 41.6 Å². The van der Waals surface area contributed by atoms with Crippen molar-refractivity contribution in [2.75, 3.05) is 0 Å². The second kappa shape index (κ2) is 5.52. The van der Waals surface area contributed by atoms with Crippen molar-refractivity contribution >= 4 is 0 Å². The molecule has 21 heavy (non-hydrogen) atoms. The number of aromatic nitrogens is 3. The molecule has 0 amide bonds. The standard InChI is InChI=1S/C18H19N3/c1-13-9-14(2)15(3)18(10-13)21-12-17(19-20-21)11-16-7-5-4-6-8-16/h4-10,12H,11H2,1-3H3. The van der Waals surface area contributed by atoms with Crippen LogP contribution in [0.15, 0.2) is 48.7 Å². The van der Waals surface area contributed by atoms with Crippen LogP contribution in [0, 0.1) is 20.8 Å². The molecular weight excluding hydrogens is 258 g/mol. The zero-order valence-electron chi connectivity index (χ0n) is 12.7. The van der Waals surface area contributed by atoms with Crippen LogP contribution >= 0.6 is 0 Å². The molecule has 0 N–H and O–H groups in total. The molecule has 3 heteroatoms. The van der Waals surface area contributed by atoms with Gasteiger partial charge in [0.05, 0.1) is 17.6 Å². The summed E-state index contributed by atoms with van der Waals surface area (Å²) in [5, 5.41) is 8.59. The predicted octanol–water partition coefficient (Wildman–Crippen LogP) is 3.78. The third-order valence-electron chi connectivity index (χ3n) is 3.80. The zero-order chi connectivity index (χ0) is 14.8. The van der Waals surface area contributed by atoms with Gasteiger partial charge in [-0.15, -0.1) is 5.10 Å². The molecular formula is C18H19N3. The number of nitrogens with zero attached hydrogens (tertiary/aromatic N) is 3. The molecule has 3 aromatic rings. The van der Waals surface area contributed by atoms with Crippen molar-refractivity contribution in [3.05, 3.63) is 76.6 Å². The van der Waals surface area contributed by atoms with Gasteiger partial charge < -0.3 is 0 Å². The van der Waals surface area contributed by atoms with Crippen LogP contribution in [0.25, 0.3) is 5.69 Å². The fourth-order valence-electron chi connectivity index (χ4n) is 2.56. The smallest absolute Gasteiger partial charge is 0.0875 e. The number of aryl methyl sites for hydroxylation is 2. The lowest BCUT2D eigenvalue weighted by atomic mass is 10.0. The van der Waals surface area contributed by atoms with Gasteiger partial charge in [0.25, 0.3) is 0 Å². The Morgan fingerprint density at radius 3 is 2.52 bits per heavy atom. The van der Waals surface area contributed by atoms with Crippen molar-refractivity contribution in [2.45, 2.75) is 27.2 Å². The Morgan fingerprint density at radius 1 is 1.00 bits per heavy atom. The molecule has 0 saturated heterocycles. The SMILES string of the molecule is Cc1cc(C)c(C)c(-n2cc(Cc3ccccc3)nn2)c1. The first-order valence-corrected chi connectivity index (χ1v) is 7.17. The fourth-order valence-corrected chi connectivity index (χ4v) is 2.56. The molecule has 0 spiro atoms. The molecule has 3 nitrogen and oxygen atoms in total. The van der Waals surface area contributed by atoms with Gasteiger partial charge in [0.1, 0.15) is 0 Å². The topological polar surface area (TPSA) is 30.7 Å². The minimum absolute atomic E-state index is 0.810. The van der Waals surface area contributed by atoms with Gasteiger partial charge in [-0.05, 0) is 49.1 Å². The molecule has 0 aliphatic rings. The Morgan fingerprint density at radius 2 is 1.76 bits per heavy atom. The van der Waals surface area contributed by atoms with E-state index in [1.54, 1.807) is 0 Å². The Bertz CT molecular complexity index is 757.